The highest BCUT2D eigenvalue weighted by atomic mass is 19.1. The van der Waals surface area contributed by atoms with Gasteiger partial charge in [0.25, 0.3) is 0 Å². The van der Waals surface area contributed by atoms with E-state index in [0.29, 0.717) is 11.1 Å². The van der Waals surface area contributed by atoms with Crippen LogP contribution < -0.4 is 11.0 Å². The molecule has 1 saturated heterocycles. The molecule has 0 bridgehead atoms. The van der Waals surface area contributed by atoms with Gasteiger partial charge in [0, 0.05) is 19.0 Å². The molecule has 2 amide bonds. The van der Waals surface area contributed by atoms with Gasteiger partial charge in [-0.1, -0.05) is 50.2 Å². The Morgan fingerprint density at radius 1 is 1.19 bits per heavy atom. The van der Waals surface area contributed by atoms with Crippen LogP contribution in [0.25, 0.3) is 0 Å². The third-order valence-electron chi connectivity index (χ3n) is 6.39. The van der Waals surface area contributed by atoms with E-state index < -0.39 is 41.7 Å². The molecule has 1 aromatic carbocycles. The number of rotatable bonds is 7. The van der Waals surface area contributed by atoms with Crippen molar-refractivity contribution in [1.82, 2.24) is 30.0 Å². The van der Waals surface area contributed by atoms with Gasteiger partial charge in [0.05, 0.1) is 24.7 Å². The van der Waals surface area contributed by atoms with Crippen molar-refractivity contribution in [2.75, 3.05) is 6.54 Å². The minimum absolute atomic E-state index is 0.0649. The minimum Gasteiger partial charge on any atom is -0.342 e. The number of carbonyl (C=O) groups is 2. The van der Waals surface area contributed by atoms with Gasteiger partial charge >= 0.3 is 5.69 Å². The summed E-state index contributed by atoms with van der Waals surface area (Å²) in [7, 11) is 1.46. The summed E-state index contributed by atoms with van der Waals surface area (Å²) in [6.07, 6.45) is -1.83. The summed E-state index contributed by atoms with van der Waals surface area (Å²) in [6, 6.07) is 10.3. The Balaban J connectivity index is 1.59. The summed E-state index contributed by atoms with van der Waals surface area (Å²) in [4.78, 5) is 43.2. The quantitative estimate of drug-likeness (QED) is 0.485. The Labute approximate surface area is 206 Å². The first-order valence-electron chi connectivity index (χ1n) is 11.7. The number of aromatic amines is 1. The second kappa shape index (κ2) is 10.4. The van der Waals surface area contributed by atoms with Crippen LogP contribution in [0.3, 0.4) is 0 Å². The summed E-state index contributed by atoms with van der Waals surface area (Å²) in [5, 5.41) is 8.91. The molecular formula is C25H28F2N6O3. The molecule has 1 aliphatic heterocycles. The number of alkyl halides is 1. The molecular weight excluding hydrogens is 470 g/mol. The lowest BCUT2D eigenvalue weighted by atomic mass is 9.99. The summed E-state index contributed by atoms with van der Waals surface area (Å²) in [6.45, 7) is 3.47. The molecule has 36 heavy (non-hydrogen) atoms. The number of halogens is 2. The van der Waals surface area contributed by atoms with Crippen molar-refractivity contribution in [2.24, 2.45) is 7.05 Å². The lowest BCUT2D eigenvalue weighted by Crippen LogP contribution is -2.47. The van der Waals surface area contributed by atoms with Crippen molar-refractivity contribution in [3.8, 4) is 0 Å². The van der Waals surface area contributed by atoms with E-state index >= 15 is 0 Å². The topological polar surface area (TPSA) is 113 Å². The third kappa shape index (κ3) is 5.19. The summed E-state index contributed by atoms with van der Waals surface area (Å²) >= 11 is 0. The van der Waals surface area contributed by atoms with Crippen molar-refractivity contribution in [1.29, 1.82) is 0 Å². The van der Waals surface area contributed by atoms with Crippen molar-refractivity contribution in [2.45, 2.75) is 50.9 Å². The van der Waals surface area contributed by atoms with Gasteiger partial charge in [-0.2, -0.15) is 9.49 Å². The van der Waals surface area contributed by atoms with E-state index in [-0.39, 0.29) is 36.8 Å². The third-order valence-corrected chi connectivity index (χ3v) is 6.39. The highest BCUT2D eigenvalue weighted by molar-refractivity contribution is 5.89. The molecule has 0 aliphatic carbocycles. The molecule has 9 nitrogen and oxygen atoms in total. The Kier molecular flexibility index (Phi) is 7.27. The lowest BCUT2D eigenvalue weighted by Gasteiger charge is -2.26. The average Bonchev–Trinajstić information content (AvgIpc) is 3.40. The van der Waals surface area contributed by atoms with E-state index in [4.69, 9.17) is 0 Å². The summed E-state index contributed by atoms with van der Waals surface area (Å²) in [5.41, 5.74) is 0.924. The molecule has 3 atom stereocenters. The minimum atomic E-state index is -1.39. The molecule has 190 valence electrons. The Bertz CT molecular complexity index is 1310. The van der Waals surface area contributed by atoms with Crippen LogP contribution >= 0.6 is 0 Å². The number of nitrogens with zero attached hydrogens (tertiary/aromatic N) is 4. The number of aromatic nitrogens is 4. The smallest absolute Gasteiger partial charge is 0.342 e. The fourth-order valence-corrected chi connectivity index (χ4v) is 4.35. The van der Waals surface area contributed by atoms with Crippen LogP contribution in [0.15, 0.2) is 47.3 Å². The Morgan fingerprint density at radius 2 is 1.92 bits per heavy atom. The van der Waals surface area contributed by atoms with Crippen LogP contribution in [-0.4, -0.2) is 55.2 Å². The van der Waals surface area contributed by atoms with Crippen molar-refractivity contribution >= 4 is 11.8 Å². The van der Waals surface area contributed by atoms with Gasteiger partial charge < -0.3 is 10.2 Å². The van der Waals surface area contributed by atoms with Gasteiger partial charge in [0.15, 0.2) is 0 Å². The molecule has 2 N–H and O–H groups in total. The van der Waals surface area contributed by atoms with Gasteiger partial charge in [-0.3, -0.25) is 14.2 Å². The zero-order chi connectivity index (χ0) is 26.0. The van der Waals surface area contributed by atoms with E-state index in [1.54, 1.807) is 36.4 Å². The maximum Gasteiger partial charge on any atom is 0.343 e. The molecule has 11 heteroatoms. The number of hydrogen-bond acceptors (Lipinski definition) is 5. The van der Waals surface area contributed by atoms with E-state index in [0.717, 1.165) is 4.90 Å². The number of likely N-dealkylation sites (tertiary alicyclic amines) is 1. The predicted molar refractivity (Wildman–Crippen MR) is 127 cm³/mol. The number of nitrogens with one attached hydrogen (secondary N) is 2. The van der Waals surface area contributed by atoms with Crippen LogP contribution in [0.1, 0.15) is 54.9 Å². The first kappa shape index (κ1) is 25.2. The molecule has 0 radical (unpaired) electrons. The van der Waals surface area contributed by atoms with Crippen molar-refractivity contribution < 1.29 is 18.4 Å². The van der Waals surface area contributed by atoms with Gasteiger partial charge in [-0.25, -0.2) is 19.3 Å². The predicted octanol–water partition coefficient (Wildman–Crippen LogP) is 2.15. The fourth-order valence-electron chi connectivity index (χ4n) is 4.35. The zero-order valence-corrected chi connectivity index (χ0v) is 20.2. The number of pyridine rings is 1. The van der Waals surface area contributed by atoms with E-state index in [2.05, 4.69) is 20.5 Å². The van der Waals surface area contributed by atoms with E-state index in [1.165, 1.54) is 11.6 Å². The second-order valence-corrected chi connectivity index (χ2v) is 9.20. The van der Waals surface area contributed by atoms with Crippen LogP contribution in [0.2, 0.25) is 0 Å². The molecule has 1 aliphatic rings. The molecule has 2 aromatic heterocycles. The highest BCUT2D eigenvalue weighted by Crippen LogP contribution is 2.27. The van der Waals surface area contributed by atoms with E-state index in [1.807, 2.05) is 19.9 Å². The molecule has 0 saturated carbocycles. The molecule has 3 unspecified atom stereocenters. The molecule has 1 fully saturated rings. The van der Waals surface area contributed by atoms with Crippen LogP contribution in [-0.2, 0) is 23.1 Å². The standard InChI is InChI=1S/C25H28F2N6O3/c1-14(2)17-9-10-18(28-23(17)27)22(15-7-5-4-6-8-15)29-24(35)19-11-16(26)13-33(19)21(34)12-20-30-31-25(36)32(20)3/h4-10,14,16,19,22H,11-13H2,1-3H3,(H,29,35)(H,31,36). The van der Waals surface area contributed by atoms with Gasteiger partial charge in [0.1, 0.15) is 18.0 Å². The molecule has 4 rings (SSSR count). The van der Waals surface area contributed by atoms with Crippen LogP contribution in [0.5, 0.6) is 0 Å². The van der Waals surface area contributed by atoms with Crippen molar-refractivity contribution in [3.63, 3.8) is 0 Å². The monoisotopic (exact) mass is 498 g/mol. The summed E-state index contributed by atoms with van der Waals surface area (Å²) in [5.74, 6) is -1.62. The Morgan fingerprint density at radius 3 is 2.53 bits per heavy atom. The lowest BCUT2D eigenvalue weighted by molar-refractivity contribution is -0.138. The Hall–Kier alpha value is -3.89. The maximum atomic E-state index is 14.7. The van der Waals surface area contributed by atoms with Gasteiger partial charge in [-0.05, 0) is 17.5 Å². The SMILES string of the molecule is CC(C)c1ccc(C(NC(=O)C2CC(F)CN2C(=O)Cc2n[nH]c(=O)n2C)c2ccccc2)nc1F. The summed E-state index contributed by atoms with van der Waals surface area (Å²) < 4.78 is 30.3. The maximum absolute atomic E-state index is 14.7. The van der Waals surface area contributed by atoms with E-state index in [9.17, 15) is 23.2 Å². The average molecular weight is 499 g/mol. The van der Waals surface area contributed by atoms with Gasteiger partial charge in [0.2, 0.25) is 17.8 Å². The molecule has 3 heterocycles. The van der Waals surface area contributed by atoms with Crippen LogP contribution in [0, 0.1) is 5.95 Å². The fraction of sp³-hybridized carbons (Fsp3) is 0.400. The number of amides is 2. The number of hydrogen-bond donors (Lipinski definition) is 2. The normalized spacial score (nSPS) is 18.4. The highest BCUT2D eigenvalue weighted by Gasteiger charge is 2.41. The number of benzene rings is 1. The molecule has 3 aromatic rings. The van der Waals surface area contributed by atoms with Gasteiger partial charge in [-0.15, -0.1) is 0 Å². The zero-order valence-electron chi connectivity index (χ0n) is 20.2. The number of carbonyl (C=O) groups excluding carboxylic acids is 2. The second-order valence-electron chi connectivity index (χ2n) is 9.20. The first-order chi connectivity index (χ1) is 17.2. The first-order valence-corrected chi connectivity index (χ1v) is 11.7. The van der Waals surface area contributed by atoms with Crippen molar-refractivity contribution in [3.05, 3.63) is 81.5 Å². The number of H-pyrrole nitrogens is 1. The van der Waals surface area contributed by atoms with Crippen LogP contribution in [0.4, 0.5) is 8.78 Å². The largest absolute Gasteiger partial charge is 0.343 e. The molecule has 0 spiro atoms.